The summed E-state index contributed by atoms with van der Waals surface area (Å²) < 4.78 is 5.59. The minimum absolute atomic E-state index is 0.0161. The molecule has 0 saturated carbocycles. The zero-order valence-electron chi connectivity index (χ0n) is 17.0. The molecule has 8 heteroatoms. The van der Waals surface area contributed by atoms with Crippen LogP contribution in [0.3, 0.4) is 0 Å². The molecule has 0 aliphatic heterocycles. The maximum Gasteiger partial charge on any atom is 0.311 e. The van der Waals surface area contributed by atoms with Crippen LogP contribution >= 0.6 is 0 Å². The van der Waals surface area contributed by atoms with Crippen LogP contribution in [0.2, 0.25) is 0 Å². The van der Waals surface area contributed by atoms with Gasteiger partial charge in [0.1, 0.15) is 5.60 Å². The van der Waals surface area contributed by atoms with E-state index in [1.165, 1.54) is 6.08 Å². The first-order valence-electron chi connectivity index (χ1n) is 9.42. The molecule has 1 rings (SSSR count). The molecule has 28 heavy (non-hydrogen) atoms. The van der Waals surface area contributed by atoms with Crippen molar-refractivity contribution in [3.8, 4) is 0 Å². The number of carboxylic acids is 3. The third-order valence-electron chi connectivity index (χ3n) is 5.76. The van der Waals surface area contributed by atoms with E-state index in [1.54, 1.807) is 20.8 Å². The standard InChI is InChI=1S/C20H30O8/c1-6-11-7-13(17(23)24)14(18(25)26)8-12(11)15(9-16(21)22)19(27)28-20(4,5)10(2)3/h7,10,12-15H,6,8-9H2,1-5H3,(H,21,22)(H,23,24)(H,25,26). The Morgan fingerprint density at radius 1 is 1.14 bits per heavy atom. The van der Waals surface area contributed by atoms with E-state index in [-0.39, 0.29) is 12.3 Å². The van der Waals surface area contributed by atoms with Gasteiger partial charge in [0, 0.05) is 0 Å². The van der Waals surface area contributed by atoms with Gasteiger partial charge in [-0.3, -0.25) is 19.2 Å². The average molecular weight is 398 g/mol. The Morgan fingerprint density at radius 3 is 2.11 bits per heavy atom. The molecule has 8 nitrogen and oxygen atoms in total. The van der Waals surface area contributed by atoms with Crippen molar-refractivity contribution >= 4 is 23.9 Å². The Kier molecular flexibility index (Phi) is 7.78. The van der Waals surface area contributed by atoms with E-state index in [1.807, 2.05) is 13.8 Å². The quantitative estimate of drug-likeness (QED) is 0.398. The van der Waals surface area contributed by atoms with Gasteiger partial charge in [0.25, 0.3) is 0 Å². The van der Waals surface area contributed by atoms with Gasteiger partial charge in [-0.2, -0.15) is 0 Å². The summed E-state index contributed by atoms with van der Waals surface area (Å²) in [4.78, 5) is 47.4. The zero-order chi connectivity index (χ0) is 21.8. The molecule has 0 radical (unpaired) electrons. The molecule has 1 aliphatic rings. The first kappa shape index (κ1) is 23.7. The lowest BCUT2D eigenvalue weighted by Crippen LogP contribution is -2.42. The topological polar surface area (TPSA) is 138 Å². The molecule has 0 fully saturated rings. The fourth-order valence-corrected chi connectivity index (χ4v) is 3.37. The number of carbonyl (C=O) groups excluding carboxylic acids is 1. The van der Waals surface area contributed by atoms with Crippen molar-refractivity contribution in [2.45, 2.75) is 59.5 Å². The van der Waals surface area contributed by atoms with Gasteiger partial charge in [-0.15, -0.1) is 0 Å². The number of allylic oxidation sites excluding steroid dienone is 1. The van der Waals surface area contributed by atoms with Crippen LogP contribution in [0.25, 0.3) is 0 Å². The molecular formula is C20H30O8. The maximum atomic E-state index is 12.9. The highest BCUT2D eigenvalue weighted by Gasteiger charge is 2.45. The lowest BCUT2D eigenvalue weighted by molar-refractivity contribution is -0.171. The average Bonchev–Trinajstić information content (AvgIpc) is 2.57. The number of esters is 1. The lowest BCUT2D eigenvalue weighted by atomic mass is 9.68. The van der Waals surface area contributed by atoms with Crippen LogP contribution in [-0.2, 0) is 23.9 Å². The summed E-state index contributed by atoms with van der Waals surface area (Å²) in [5.74, 6) is -8.69. The van der Waals surface area contributed by atoms with Crippen molar-refractivity contribution in [2.75, 3.05) is 0 Å². The number of rotatable bonds is 9. The molecule has 0 aromatic carbocycles. The molecule has 0 aromatic heterocycles. The van der Waals surface area contributed by atoms with Crippen molar-refractivity contribution in [1.29, 1.82) is 0 Å². The maximum absolute atomic E-state index is 12.9. The highest BCUT2D eigenvalue weighted by molar-refractivity contribution is 5.83. The third kappa shape index (κ3) is 5.56. The number of carboxylic acid groups (broad SMARTS) is 3. The van der Waals surface area contributed by atoms with Crippen molar-refractivity contribution < 1.29 is 39.2 Å². The van der Waals surface area contributed by atoms with Crippen LogP contribution in [0, 0.1) is 29.6 Å². The van der Waals surface area contributed by atoms with Crippen LogP contribution in [0.1, 0.15) is 53.9 Å². The molecule has 4 unspecified atom stereocenters. The lowest BCUT2D eigenvalue weighted by Gasteiger charge is -2.37. The summed E-state index contributed by atoms with van der Waals surface area (Å²) in [6, 6.07) is 0. The van der Waals surface area contributed by atoms with Crippen LogP contribution in [0.15, 0.2) is 11.6 Å². The molecule has 0 bridgehead atoms. The summed E-state index contributed by atoms with van der Waals surface area (Å²) >= 11 is 0. The number of carbonyl (C=O) groups is 4. The molecule has 0 aromatic rings. The number of aliphatic carboxylic acids is 3. The van der Waals surface area contributed by atoms with Crippen LogP contribution in [0.4, 0.5) is 0 Å². The van der Waals surface area contributed by atoms with Gasteiger partial charge in [-0.1, -0.05) is 32.4 Å². The van der Waals surface area contributed by atoms with E-state index in [4.69, 9.17) is 4.74 Å². The second-order valence-electron chi connectivity index (χ2n) is 8.13. The Morgan fingerprint density at radius 2 is 1.71 bits per heavy atom. The summed E-state index contributed by atoms with van der Waals surface area (Å²) in [6.45, 7) is 8.96. The first-order chi connectivity index (χ1) is 12.8. The van der Waals surface area contributed by atoms with Gasteiger partial charge in [-0.05, 0) is 38.5 Å². The van der Waals surface area contributed by atoms with E-state index >= 15 is 0 Å². The van der Waals surface area contributed by atoms with Gasteiger partial charge in [0.15, 0.2) is 0 Å². The Balaban J connectivity index is 3.33. The van der Waals surface area contributed by atoms with Gasteiger partial charge >= 0.3 is 23.9 Å². The minimum atomic E-state index is -1.28. The van der Waals surface area contributed by atoms with Crippen LogP contribution in [-0.4, -0.2) is 44.8 Å². The molecule has 1 aliphatic carbocycles. The third-order valence-corrected chi connectivity index (χ3v) is 5.76. The van der Waals surface area contributed by atoms with Crippen molar-refractivity contribution in [3.05, 3.63) is 11.6 Å². The summed E-state index contributed by atoms with van der Waals surface area (Å²) in [7, 11) is 0. The summed E-state index contributed by atoms with van der Waals surface area (Å²) in [5, 5.41) is 28.1. The fourth-order valence-electron chi connectivity index (χ4n) is 3.37. The predicted octanol–water partition coefficient (Wildman–Crippen LogP) is 2.81. The van der Waals surface area contributed by atoms with Gasteiger partial charge < -0.3 is 20.1 Å². The first-order valence-corrected chi connectivity index (χ1v) is 9.42. The number of hydrogen-bond acceptors (Lipinski definition) is 5. The molecule has 0 heterocycles. The smallest absolute Gasteiger partial charge is 0.311 e. The summed E-state index contributed by atoms with van der Waals surface area (Å²) in [6.07, 6.45) is 1.11. The Labute approximate surface area is 164 Å². The van der Waals surface area contributed by atoms with Crippen LogP contribution in [0.5, 0.6) is 0 Å². The van der Waals surface area contributed by atoms with E-state index in [2.05, 4.69) is 0 Å². The molecular weight excluding hydrogens is 368 g/mol. The molecule has 3 N–H and O–H groups in total. The highest BCUT2D eigenvalue weighted by Crippen LogP contribution is 2.41. The SMILES string of the molecule is CCC1=CC(C(=O)O)C(C(=O)O)CC1C(CC(=O)O)C(=O)OC(C)(C)C(C)C. The van der Waals surface area contributed by atoms with Gasteiger partial charge in [0.05, 0.1) is 24.2 Å². The second-order valence-corrected chi connectivity index (χ2v) is 8.13. The molecule has 0 spiro atoms. The molecule has 0 amide bonds. The highest BCUT2D eigenvalue weighted by atomic mass is 16.6. The van der Waals surface area contributed by atoms with E-state index in [0.717, 1.165) is 0 Å². The summed E-state index contributed by atoms with van der Waals surface area (Å²) in [5.41, 5.74) is -0.246. The van der Waals surface area contributed by atoms with E-state index in [9.17, 15) is 34.5 Å². The largest absolute Gasteiger partial charge is 0.481 e. The Hall–Kier alpha value is -2.38. The second kappa shape index (κ2) is 9.21. The minimum Gasteiger partial charge on any atom is -0.481 e. The van der Waals surface area contributed by atoms with Crippen molar-refractivity contribution in [1.82, 2.24) is 0 Å². The normalized spacial score (nSPS) is 23.6. The zero-order valence-corrected chi connectivity index (χ0v) is 17.0. The molecule has 0 saturated heterocycles. The molecule has 4 atom stereocenters. The number of ether oxygens (including phenoxy) is 1. The van der Waals surface area contributed by atoms with Gasteiger partial charge in [-0.25, -0.2) is 0 Å². The van der Waals surface area contributed by atoms with E-state index in [0.29, 0.717) is 12.0 Å². The van der Waals surface area contributed by atoms with Gasteiger partial charge in [0.2, 0.25) is 0 Å². The van der Waals surface area contributed by atoms with Crippen molar-refractivity contribution in [3.63, 3.8) is 0 Å². The monoisotopic (exact) mass is 398 g/mol. The van der Waals surface area contributed by atoms with Crippen molar-refractivity contribution in [2.24, 2.45) is 29.6 Å². The van der Waals surface area contributed by atoms with Crippen LogP contribution < -0.4 is 0 Å². The number of hydrogen-bond donors (Lipinski definition) is 3. The predicted molar refractivity (Wildman–Crippen MR) is 99.5 cm³/mol. The van der Waals surface area contributed by atoms with E-state index < -0.39 is 59.6 Å². The Bertz CT molecular complexity index is 661. The fraction of sp³-hybridized carbons (Fsp3) is 0.700. The molecule has 158 valence electrons.